The Kier molecular flexibility index (Phi) is 3.73. The second-order valence-corrected chi connectivity index (χ2v) is 3.96. The zero-order valence-corrected chi connectivity index (χ0v) is 9.14. The number of nitrogens with zero attached hydrogens (tertiary/aromatic N) is 1. The van der Waals surface area contributed by atoms with Crippen LogP contribution in [-0.4, -0.2) is 0 Å². The largest absolute Gasteiger partial charge is 0.323 e. The Bertz CT molecular complexity index is 346. The van der Waals surface area contributed by atoms with E-state index >= 15 is 0 Å². The first-order valence-electron chi connectivity index (χ1n) is 3.72. The molecule has 68 valence electrons. The fourth-order valence-electron chi connectivity index (χ4n) is 1.01. The molecule has 0 radical (unpaired) electrons. The lowest BCUT2D eigenvalue weighted by Gasteiger charge is -2.10. The summed E-state index contributed by atoms with van der Waals surface area (Å²) in [5, 5.41) is 9.08. The highest BCUT2D eigenvalue weighted by Gasteiger charge is 2.09. The van der Waals surface area contributed by atoms with Gasteiger partial charge in [-0.15, -0.1) is 0 Å². The van der Waals surface area contributed by atoms with Crippen LogP contribution in [0.5, 0.6) is 0 Å². The van der Waals surface area contributed by atoms with Gasteiger partial charge in [0.15, 0.2) is 0 Å². The van der Waals surface area contributed by atoms with E-state index in [9.17, 15) is 0 Å². The zero-order valence-electron chi connectivity index (χ0n) is 6.80. The number of nitrogens with two attached hydrogens (primary N) is 1. The third kappa shape index (κ3) is 2.70. The summed E-state index contributed by atoms with van der Waals surface area (Å²) in [4.78, 5) is 0. The van der Waals surface area contributed by atoms with Gasteiger partial charge >= 0.3 is 0 Å². The van der Waals surface area contributed by atoms with Crippen LogP contribution in [0.1, 0.15) is 18.0 Å². The van der Waals surface area contributed by atoms with E-state index in [1.165, 1.54) is 0 Å². The van der Waals surface area contributed by atoms with Gasteiger partial charge in [-0.2, -0.15) is 5.26 Å². The molecule has 0 aliphatic carbocycles. The predicted molar refractivity (Wildman–Crippen MR) is 56.3 cm³/mol. The van der Waals surface area contributed by atoms with Gasteiger partial charge in [0.05, 0.1) is 12.5 Å². The molecule has 4 heteroatoms. The van der Waals surface area contributed by atoms with Crippen molar-refractivity contribution >= 4 is 27.5 Å². The molecule has 0 aliphatic heterocycles. The summed E-state index contributed by atoms with van der Waals surface area (Å²) >= 11 is 9.24. The van der Waals surface area contributed by atoms with Crippen LogP contribution >= 0.6 is 27.5 Å². The highest BCUT2D eigenvalue weighted by molar-refractivity contribution is 9.10. The number of benzene rings is 1. The smallest absolute Gasteiger partial charge is 0.0641 e. The second-order valence-electron chi connectivity index (χ2n) is 2.63. The Morgan fingerprint density at radius 1 is 1.62 bits per heavy atom. The average Bonchev–Trinajstić information content (AvgIpc) is 2.09. The molecule has 0 aromatic heterocycles. The lowest BCUT2D eigenvalue weighted by molar-refractivity contribution is 0.748. The molecule has 2 N–H and O–H groups in total. The van der Waals surface area contributed by atoms with E-state index < -0.39 is 0 Å². The van der Waals surface area contributed by atoms with Gasteiger partial charge in [0.1, 0.15) is 0 Å². The third-order valence-corrected chi connectivity index (χ3v) is 2.51. The summed E-state index contributed by atoms with van der Waals surface area (Å²) in [5.74, 6) is 0. The van der Waals surface area contributed by atoms with Crippen LogP contribution in [0.4, 0.5) is 0 Å². The van der Waals surface area contributed by atoms with Gasteiger partial charge < -0.3 is 5.73 Å². The molecule has 1 aromatic rings. The van der Waals surface area contributed by atoms with Gasteiger partial charge in [0.25, 0.3) is 0 Å². The second kappa shape index (κ2) is 4.61. The summed E-state index contributed by atoms with van der Waals surface area (Å²) < 4.78 is 0.917. The van der Waals surface area contributed by atoms with Gasteiger partial charge in [0, 0.05) is 15.5 Å². The third-order valence-electron chi connectivity index (χ3n) is 1.67. The molecule has 0 bridgehead atoms. The molecule has 1 atom stereocenters. The minimum atomic E-state index is -0.310. The minimum absolute atomic E-state index is 0.274. The van der Waals surface area contributed by atoms with Crippen LogP contribution in [0, 0.1) is 11.3 Å². The number of hydrogen-bond acceptors (Lipinski definition) is 2. The molecule has 0 spiro atoms. The van der Waals surface area contributed by atoms with Gasteiger partial charge in [0.2, 0.25) is 0 Å². The average molecular weight is 260 g/mol. The Labute approximate surface area is 90.4 Å². The Balaban J connectivity index is 3.00. The zero-order chi connectivity index (χ0) is 9.84. The molecule has 1 rings (SSSR count). The van der Waals surface area contributed by atoms with Crippen molar-refractivity contribution in [3.8, 4) is 6.07 Å². The first-order valence-corrected chi connectivity index (χ1v) is 4.89. The highest BCUT2D eigenvalue weighted by atomic mass is 79.9. The summed E-state index contributed by atoms with van der Waals surface area (Å²) in [5.41, 5.74) is 6.55. The van der Waals surface area contributed by atoms with Crippen LogP contribution in [-0.2, 0) is 0 Å². The van der Waals surface area contributed by atoms with E-state index in [-0.39, 0.29) is 12.5 Å². The van der Waals surface area contributed by atoms with E-state index in [2.05, 4.69) is 15.9 Å². The summed E-state index contributed by atoms with van der Waals surface area (Å²) in [6, 6.07) is 7.14. The van der Waals surface area contributed by atoms with Crippen LogP contribution < -0.4 is 5.73 Å². The van der Waals surface area contributed by atoms with Crippen LogP contribution in [0.25, 0.3) is 0 Å². The van der Waals surface area contributed by atoms with Gasteiger partial charge in [-0.1, -0.05) is 27.5 Å². The Hall–Kier alpha value is -0.560. The van der Waals surface area contributed by atoms with Crippen molar-refractivity contribution in [1.29, 1.82) is 5.26 Å². The molecule has 0 unspecified atom stereocenters. The Morgan fingerprint density at radius 2 is 2.31 bits per heavy atom. The summed E-state index contributed by atoms with van der Waals surface area (Å²) in [6.45, 7) is 0. The van der Waals surface area contributed by atoms with Gasteiger partial charge in [-0.25, -0.2) is 0 Å². The van der Waals surface area contributed by atoms with E-state index in [1.54, 1.807) is 6.07 Å². The molecule has 0 aliphatic rings. The van der Waals surface area contributed by atoms with Crippen molar-refractivity contribution in [3.63, 3.8) is 0 Å². The minimum Gasteiger partial charge on any atom is -0.323 e. The molecule has 13 heavy (non-hydrogen) atoms. The topological polar surface area (TPSA) is 49.8 Å². The van der Waals surface area contributed by atoms with Crippen molar-refractivity contribution in [3.05, 3.63) is 33.3 Å². The molecule has 2 nitrogen and oxygen atoms in total. The maximum atomic E-state index is 8.47. The molecule has 0 saturated carbocycles. The normalized spacial score (nSPS) is 12.2. The van der Waals surface area contributed by atoms with E-state index in [0.717, 1.165) is 10.0 Å². The van der Waals surface area contributed by atoms with Crippen molar-refractivity contribution < 1.29 is 0 Å². The predicted octanol–water partition coefficient (Wildman–Crippen LogP) is 3.02. The quantitative estimate of drug-likeness (QED) is 0.887. The fourth-order valence-corrected chi connectivity index (χ4v) is 1.64. The van der Waals surface area contributed by atoms with Crippen molar-refractivity contribution in [2.24, 2.45) is 5.73 Å². The lowest BCUT2D eigenvalue weighted by Crippen LogP contribution is -2.09. The van der Waals surface area contributed by atoms with Crippen LogP contribution in [0.3, 0.4) is 0 Å². The van der Waals surface area contributed by atoms with Crippen molar-refractivity contribution in [2.75, 3.05) is 0 Å². The van der Waals surface area contributed by atoms with E-state index in [1.807, 2.05) is 18.2 Å². The molecular weight excluding hydrogens is 251 g/mol. The standard InChI is InChI=1S/C9H8BrClN2/c10-6-1-2-8(11)7(5-6)9(13)3-4-12/h1-2,5,9H,3,13H2/t9-/m1/s1. The molecular formula is C9H8BrClN2. The Morgan fingerprint density at radius 3 is 2.92 bits per heavy atom. The lowest BCUT2D eigenvalue weighted by atomic mass is 10.1. The highest BCUT2D eigenvalue weighted by Crippen LogP contribution is 2.26. The van der Waals surface area contributed by atoms with Crippen LogP contribution in [0.2, 0.25) is 5.02 Å². The number of rotatable bonds is 2. The first-order chi connectivity index (χ1) is 6.15. The maximum Gasteiger partial charge on any atom is 0.0641 e. The summed E-state index contributed by atoms with van der Waals surface area (Å²) in [7, 11) is 0. The maximum absolute atomic E-state index is 8.47. The number of hydrogen-bond donors (Lipinski definition) is 1. The van der Waals surface area contributed by atoms with E-state index in [0.29, 0.717) is 5.02 Å². The van der Waals surface area contributed by atoms with E-state index in [4.69, 9.17) is 22.6 Å². The van der Waals surface area contributed by atoms with Crippen LogP contribution in [0.15, 0.2) is 22.7 Å². The van der Waals surface area contributed by atoms with Gasteiger partial charge in [-0.3, -0.25) is 0 Å². The van der Waals surface area contributed by atoms with Crippen molar-refractivity contribution in [2.45, 2.75) is 12.5 Å². The fraction of sp³-hybridized carbons (Fsp3) is 0.222. The SMILES string of the molecule is N#CC[C@@H](N)c1cc(Br)ccc1Cl. The molecule has 0 heterocycles. The molecule has 0 amide bonds. The molecule has 0 saturated heterocycles. The number of nitriles is 1. The first kappa shape index (κ1) is 10.5. The van der Waals surface area contributed by atoms with Crippen molar-refractivity contribution in [1.82, 2.24) is 0 Å². The monoisotopic (exact) mass is 258 g/mol. The number of halogens is 2. The molecule has 1 aromatic carbocycles. The summed E-state index contributed by atoms with van der Waals surface area (Å²) in [6.07, 6.45) is 0.274. The van der Waals surface area contributed by atoms with Gasteiger partial charge in [-0.05, 0) is 23.8 Å². The molecule has 0 fully saturated rings.